The average Bonchev–Trinajstić information content (AvgIpc) is 2.98. The van der Waals surface area contributed by atoms with Gasteiger partial charge in [-0.15, -0.1) is 21.5 Å². The van der Waals surface area contributed by atoms with Crippen molar-refractivity contribution in [2.45, 2.75) is 6.54 Å². The Bertz CT molecular complexity index is 509. The first-order chi connectivity index (χ1) is 8.69. The van der Waals surface area contributed by atoms with Crippen LogP contribution in [0.3, 0.4) is 0 Å². The van der Waals surface area contributed by atoms with Gasteiger partial charge in [0.05, 0.1) is 25.1 Å². The van der Waals surface area contributed by atoms with Gasteiger partial charge in [0.2, 0.25) is 5.89 Å². The fraction of sp³-hybridized carbons (Fsp3) is 0.364. The van der Waals surface area contributed by atoms with Crippen LogP contribution in [0, 0.1) is 0 Å². The largest absolute Gasteiger partial charge is 0.468 e. The molecule has 0 N–H and O–H groups in total. The highest BCUT2D eigenvalue weighted by molar-refractivity contribution is 7.13. The van der Waals surface area contributed by atoms with Gasteiger partial charge in [-0.2, -0.15) is 0 Å². The Morgan fingerprint density at radius 3 is 3.06 bits per heavy atom. The lowest BCUT2D eigenvalue weighted by atomic mass is 10.5. The van der Waals surface area contributed by atoms with Gasteiger partial charge in [-0.25, -0.2) is 0 Å². The lowest BCUT2D eigenvalue weighted by molar-refractivity contribution is -0.141. The quantitative estimate of drug-likeness (QED) is 0.763. The molecule has 0 saturated carbocycles. The molecule has 96 valence electrons. The van der Waals surface area contributed by atoms with Crippen LogP contribution in [0.25, 0.3) is 10.8 Å². The zero-order chi connectivity index (χ0) is 13.0. The molecule has 0 amide bonds. The molecule has 0 spiro atoms. The van der Waals surface area contributed by atoms with E-state index in [2.05, 4.69) is 14.9 Å². The lowest BCUT2D eigenvalue weighted by Crippen LogP contribution is -2.26. The maximum atomic E-state index is 11.1. The summed E-state index contributed by atoms with van der Waals surface area (Å²) >= 11 is 1.54. The van der Waals surface area contributed by atoms with Gasteiger partial charge in [0.15, 0.2) is 0 Å². The minimum absolute atomic E-state index is 0.188. The molecule has 2 aromatic rings. The summed E-state index contributed by atoms with van der Waals surface area (Å²) in [6.07, 6.45) is 0. The Morgan fingerprint density at radius 1 is 1.56 bits per heavy atom. The Morgan fingerprint density at radius 2 is 2.39 bits per heavy atom. The summed E-state index contributed by atoms with van der Waals surface area (Å²) in [5.74, 6) is 0.687. The number of carbonyl (C=O) groups excluding carboxylic acids is 1. The fourth-order valence-electron chi connectivity index (χ4n) is 1.39. The molecule has 2 heterocycles. The zero-order valence-electron chi connectivity index (χ0n) is 10.1. The average molecular weight is 267 g/mol. The van der Waals surface area contributed by atoms with Crippen molar-refractivity contribution >= 4 is 17.3 Å². The van der Waals surface area contributed by atoms with E-state index in [1.54, 1.807) is 11.9 Å². The number of likely N-dealkylation sites (N-methyl/N-ethyl adjacent to an activating group) is 1. The van der Waals surface area contributed by atoms with E-state index < -0.39 is 0 Å². The van der Waals surface area contributed by atoms with Crippen molar-refractivity contribution in [2.75, 3.05) is 20.7 Å². The van der Waals surface area contributed by atoms with Crippen LogP contribution in [0.2, 0.25) is 0 Å². The van der Waals surface area contributed by atoms with E-state index in [4.69, 9.17) is 4.42 Å². The zero-order valence-corrected chi connectivity index (χ0v) is 10.9. The van der Waals surface area contributed by atoms with Crippen molar-refractivity contribution in [3.8, 4) is 10.8 Å². The number of esters is 1. The minimum Gasteiger partial charge on any atom is -0.468 e. The van der Waals surface area contributed by atoms with Gasteiger partial charge in [-0.05, 0) is 18.5 Å². The van der Waals surface area contributed by atoms with Gasteiger partial charge in [0.1, 0.15) is 0 Å². The van der Waals surface area contributed by atoms with Crippen molar-refractivity contribution in [1.29, 1.82) is 0 Å². The van der Waals surface area contributed by atoms with Gasteiger partial charge < -0.3 is 9.15 Å². The van der Waals surface area contributed by atoms with E-state index in [-0.39, 0.29) is 12.5 Å². The molecule has 0 aromatic carbocycles. The lowest BCUT2D eigenvalue weighted by Gasteiger charge is -2.11. The fourth-order valence-corrected chi connectivity index (χ4v) is 2.03. The summed E-state index contributed by atoms with van der Waals surface area (Å²) in [6.45, 7) is 0.598. The first-order valence-electron chi connectivity index (χ1n) is 5.30. The summed E-state index contributed by atoms with van der Waals surface area (Å²) < 4.78 is 10.1. The van der Waals surface area contributed by atoms with Crippen LogP contribution < -0.4 is 0 Å². The minimum atomic E-state index is -0.296. The number of hydrogen-bond donors (Lipinski definition) is 0. The molecule has 2 rings (SSSR count). The molecule has 6 nitrogen and oxygen atoms in total. The third kappa shape index (κ3) is 3.14. The molecule has 2 aromatic heterocycles. The van der Waals surface area contributed by atoms with Gasteiger partial charge in [-0.3, -0.25) is 9.69 Å². The van der Waals surface area contributed by atoms with Gasteiger partial charge in [0.25, 0.3) is 5.89 Å². The summed E-state index contributed by atoms with van der Waals surface area (Å²) in [5, 5.41) is 9.85. The van der Waals surface area contributed by atoms with Gasteiger partial charge in [0, 0.05) is 0 Å². The second kappa shape index (κ2) is 5.74. The molecule has 0 aliphatic rings. The second-order valence-electron chi connectivity index (χ2n) is 3.73. The van der Waals surface area contributed by atoms with Crippen LogP contribution in [-0.4, -0.2) is 41.8 Å². The highest BCUT2D eigenvalue weighted by Gasteiger charge is 2.13. The number of methoxy groups -OCH3 is 1. The van der Waals surface area contributed by atoms with E-state index in [0.717, 1.165) is 4.88 Å². The van der Waals surface area contributed by atoms with E-state index in [1.165, 1.54) is 18.4 Å². The van der Waals surface area contributed by atoms with E-state index in [9.17, 15) is 4.79 Å². The van der Waals surface area contributed by atoms with Crippen LogP contribution in [0.4, 0.5) is 0 Å². The smallest absolute Gasteiger partial charge is 0.319 e. The van der Waals surface area contributed by atoms with Crippen LogP contribution in [-0.2, 0) is 16.1 Å². The molecule has 0 atom stereocenters. The van der Waals surface area contributed by atoms with Crippen molar-refractivity contribution < 1.29 is 13.9 Å². The predicted octanol–water partition coefficient (Wildman–Crippen LogP) is 1.40. The third-order valence-corrected chi connectivity index (χ3v) is 3.09. The van der Waals surface area contributed by atoms with Gasteiger partial charge in [-0.1, -0.05) is 6.07 Å². The molecule has 0 aliphatic carbocycles. The number of aromatic nitrogens is 2. The topological polar surface area (TPSA) is 68.5 Å². The molecule has 18 heavy (non-hydrogen) atoms. The Kier molecular flexibility index (Phi) is 4.06. The molecule has 0 saturated heterocycles. The summed E-state index contributed by atoms with van der Waals surface area (Å²) in [4.78, 5) is 13.8. The first-order valence-corrected chi connectivity index (χ1v) is 6.18. The van der Waals surface area contributed by atoms with Crippen LogP contribution >= 0.6 is 11.3 Å². The highest BCUT2D eigenvalue weighted by Crippen LogP contribution is 2.23. The van der Waals surface area contributed by atoms with Crippen LogP contribution in [0.5, 0.6) is 0 Å². The van der Waals surface area contributed by atoms with Crippen molar-refractivity contribution in [3.05, 3.63) is 23.4 Å². The maximum absolute atomic E-state index is 11.1. The molecule has 0 unspecified atom stereocenters. The van der Waals surface area contributed by atoms with E-state index in [1.807, 2.05) is 17.5 Å². The number of carbonyl (C=O) groups is 1. The molecule has 0 aliphatic heterocycles. The molecular formula is C11H13N3O3S. The molecule has 7 heteroatoms. The van der Waals surface area contributed by atoms with E-state index >= 15 is 0 Å². The van der Waals surface area contributed by atoms with Crippen LogP contribution in [0.15, 0.2) is 21.9 Å². The highest BCUT2D eigenvalue weighted by atomic mass is 32.1. The Labute approximate surface area is 108 Å². The number of nitrogens with zero attached hydrogens (tertiary/aromatic N) is 3. The monoisotopic (exact) mass is 267 g/mol. The van der Waals surface area contributed by atoms with Crippen LogP contribution in [0.1, 0.15) is 5.89 Å². The number of thiophene rings is 1. The summed E-state index contributed by atoms with van der Waals surface area (Å²) in [6, 6.07) is 3.84. The Hall–Kier alpha value is -1.73. The summed E-state index contributed by atoms with van der Waals surface area (Å²) in [5.41, 5.74) is 0. The predicted molar refractivity (Wildman–Crippen MR) is 66.0 cm³/mol. The molecule has 0 bridgehead atoms. The Balaban J connectivity index is 1.96. The SMILES string of the molecule is COC(=O)CN(C)Cc1nnc(-c2cccs2)o1. The van der Waals surface area contributed by atoms with Crippen molar-refractivity contribution in [3.63, 3.8) is 0 Å². The third-order valence-electron chi connectivity index (χ3n) is 2.23. The number of ether oxygens (including phenoxy) is 1. The van der Waals surface area contributed by atoms with Gasteiger partial charge >= 0.3 is 5.97 Å². The number of hydrogen-bond acceptors (Lipinski definition) is 7. The maximum Gasteiger partial charge on any atom is 0.319 e. The number of rotatable bonds is 5. The molecular weight excluding hydrogens is 254 g/mol. The van der Waals surface area contributed by atoms with Crippen molar-refractivity contribution in [2.24, 2.45) is 0 Å². The van der Waals surface area contributed by atoms with E-state index in [0.29, 0.717) is 18.3 Å². The molecule has 0 radical (unpaired) electrons. The van der Waals surface area contributed by atoms with Crippen molar-refractivity contribution in [1.82, 2.24) is 15.1 Å². The summed E-state index contributed by atoms with van der Waals surface area (Å²) in [7, 11) is 3.14. The normalized spacial score (nSPS) is 10.8. The first kappa shape index (κ1) is 12.7. The molecule has 0 fully saturated rings. The standard InChI is InChI=1S/C11H13N3O3S/c1-14(7-10(15)16-2)6-9-12-13-11(17-9)8-4-3-5-18-8/h3-5H,6-7H2,1-2H3. The second-order valence-corrected chi connectivity index (χ2v) is 4.67.